The summed E-state index contributed by atoms with van der Waals surface area (Å²) in [4.78, 5) is 4.07. The van der Waals surface area contributed by atoms with Gasteiger partial charge in [-0.25, -0.2) is 4.98 Å². The van der Waals surface area contributed by atoms with E-state index in [9.17, 15) is 0 Å². The Labute approximate surface area is 92.9 Å². The lowest BCUT2D eigenvalue weighted by atomic mass is 10.2. The number of halogens is 2. The molecule has 0 saturated heterocycles. The molecule has 2 nitrogen and oxygen atoms in total. The van der Waals surface area contributed by atoms with Gasteiger partial charge in [-0.2, -0.15) is 4.37 Å². The van der Waals surface area contributed by atoms with Crippen molar-refractivity contribution in [3.63, 3.8) is 0 Å². The van der Waals surface area contributed by atoms with Crippen molar-refractivity contribution in [2.45, 2.75) is 0 Å². The SMILES string of the molecule is Clc1nsc(-c2ccc(Br)cc2)n1. The van der Waals surface area contributed by atoms with E-state index in [4.69, 9.17) is 11.6 Å². The van der Waals surface area contributed by atoms with E-state index in [0.717, 1.165) is 15.0 Å². The second-order valence-corrected chi connectivity index (χ2v) is 4.38. The van der Waals surface area contributed by atoms with Gasteiger partial charge < -0.3 is 0 Å². The van der Waals surface area contributed by atoms with E-state index in [1.807, 2.05) is 24.3 Å². The minimum Gasteiger partial charge on any atom is -0.205 e. The van der Waals surface area contributed by atoms with Crippen molar-refractivity contribution in [1.29, 1.82) is 0 Å². The van der Waals surface area contributed by atoms with Crippen molar-refractivity contribution < 1.29 is 0 Å². The van der Waals surface area contributed by atoms with Crippen molar-refractivity contribution in [3.8, 4) is 10.6 Å². The predicted molar refractivity (Wildman–Crippen MR) is 58.1 cm³/mol. The van der Waals surface area contributed by atoms with Gasteiger partial charge in [-0.1, -0.05) is 28.1 Å². The molecule has 2 aromatic rings. The Kier molecular flexibility index (Phi) is 2.62. The third kappa shape index (κ3) is 2.07. The van der Waals surface area contributed by atoms with Gasteiger partial charge in [0.05, 0.1) is 0 Å². The van der Waals surface area contributed by atoms with Gasteiger partial charge in [0.1, 0.15) is 5.01 Å². The molecule has 13 heavy (non-hydrogen) atoms. The third-order valence-electron chi connectivity index (χ3n) is 1.49. The molecule has 0 fully saturated rings. The molecule has 0 aliphatic rings. The van der Waals surface area contributed by atoms with Crippen LogP contribution in [-0.4, -0.2) is 9.36 Å². The van der Waals surface area contributed by atoms with Crippen molar-refractivity contribution in [1.82, 2.24) is 9.36 Å². The van der Waals surface area contributed by atoms with Crippen LogP contribution in [0.4, 0.5) is 0 Å². The number of hydrogen-bond donors (Lipinski definition) is 0. The average molecular weight is 276 g/mol. The molecular formula is C8H4BrClN2S. The molecule has 1 aromatic heterocycles. The average Bonchev–Trinajstić information content (AvgIpc) is 2.53. The van der Waals surface area contributed by atoms with Crippen LogP contribution in [0.1, 0.15) is 0 Å². The van der Waals surface area contributed by atoms with Gasteiger partial charge in [-0.15, -0.1) is 0 Å². The van der Waals surface area contributed by atoms with Crippen LogP contribution >= 0.6 is 39.1 Å². The Morgan fingerprint density at radius 3 is 2.46 bits per heavy atom. The molecule has 1 aromatic carbocycles. The Bertz CT molecular complexity index is 412. The molecule has 2 rings (SSSR count). The lowest BCUT2D eigenvalue weighted by Crippen LogP contribution is -1.74. The summed E-state index contributed by atoms with van der Waals surface area (Å²) < 4.78 is 4.95. The maximum Gasteiger partial charge on any atom is 0.234 e. The Hall–Kier alpha value is -0.450. The predicted octanol–water partition coefficient (Wildman–Crippen LogP) is 3.62. The summed E-state index contributed by atoms with van der Waals surface area (Å²) >= 11 is 10.3. The van der Waals surface area contributed by atoms with Crippen LogP contribution in [0.25, 0.3) is 10.6 Å². The highest BCUT2D eigenvalue weighted by Gasteiger charge is 2.03. The number of nitrogens with zero attached hydrogens (tertiary/aromatic N) is 2. The molecule has 0 saturated carbocycles. The van der Waals surface area contributed by atoms with Crippen molar-refractivity contribution in [2.24, 2.45) is 0 Å². The van der Waals surface area contributed by atoms with E-state index in [1.54, 1.807) is 0 Å². The molecule has 0 amide bonds. The second-order valence-electron chi connectivity index (χ2n) is 2.38. The van der Waals surface area contributed by atoms with Crippen LogP contribution in [0.2, 0.25) is 5.28 Å². The topological polar surface area (TPSA) is 25.8 Å². The van der Waals surface area contributed by atoms with Crippen LogP contribution in [0.3, 0.4) is 0 Å². The highest BCUT2D eigenvalue weighted by Crippen LogP contribution is 2.24. The number of hydrogen-bond acceptors (Lipinski definition) is 3. The summed E-state index contributed by atoms with van der Waals surface area (Å²) in [5.41, 5.74) is 1.03. The maximum atomic E-state index is 5.62. The van der Waals surface area contributed by atoms with E-state index in [0.29, 0.717) is 5.28 Å². The molecule has 0 aliphatic heterocycles. The summed E-state index contributed by atoms with van der Waals surface area (Å²) in [6.07, 6.45) is 0. The number of benzene rings is 1. The van der Waals surface area contributed by atoms with Crippen molar-refractivity contribution in [3.05, 3.63) is 34.0 Å². The third-order valence-corrected chi connectivity index (χ3v) is 3.05. The largest absolute Gasteiger partial charge is 0.234 e. The fourth-order valence-electron chi connectivity index (χ4n) is 0.915. The summed E-state index contributed by atoms with van der Waals surface area (Å²) in [7, 11) is 0. The van der Waals surface area contributed by atoms with Gasteiger partial charge >= 0.3 is 0 Å². The van der Waals surface area contributed by atoms with Crippen LogP contribution < -0.4 is 0 Å². The first kappa shape index (κ1) is 9.12. The number of rotatable bonds is 1. The minimum absolute atomic E-state index is 0.308. The van der Waals surface area contributed by atoms with Gasteiger partial charge in [-0.05, 0) is 35.3 Å². The Balaban J connectivity index is 2.41. The molecule has 5 heteroatoms. The van der Waals surface area contributed by atoms with Gasteiger partial charge in [-0.3, -0.25) is 0 Å². The Morgan fingerprint density at radius 1 is 1.23 bits per heavy atom. The quantitative estimate of drug-likeness (QED) is 0.794. The first-order valence-electron chi connectivity index (χ1n) is 3.51. The normalized spacial score (nSPS) is 10.3. The lowest BCUT2D eigenvalue weighted by molar-refractivity contribution is 1.33. The van der Waals surface area contributed by atoms with Crippen LogP contribution in [-0.2, 0) is 0 Å². The molecule has 66 valence electrons. The van der Waals surface area contributed by atoms with Gasteiger partial charge in [0, 0.05) is 10.0 Å². The number of aromatic nitrogens is 2. The van der Waals surface area contributed by atoms with E-state index in [2.05, 4.69) is 25.3 Å². The molecule has 0 N–H and O–H groups in total. The molecule has 0 bridgehead atoms. The van der Waals surface area contributed by atoms with E-state index in [1.165, 1.54) is 11.5 Å². The summed E-state index contributed by atoms with van der Waals surface area (Å²) in [6, 6.07) is 7.87. The first-order chi connectivity index (χ1) is 6.25. The fraction of sp³-hybridized carbons (Fsp3) is 0. The fourth-order valence-corrected chi connectivity index (χ4v) is 1.99. The highest BCUT2D eigenvalue weighted by atomic mass is 79.9. The zero-order chi connectivity index (χ0) is 9.26. The van der Waals surface area contributed by atoms with Crippen molar-refractivity contribution >= 4 is 39.1 Å². The monoisotopic (exact) mass is 274 g/mol. The molecule has 0 spiro atoms. The summed E-state index contributed by atoms with van der Waals surface area (Å²) in [6.45, 7) is 0. The molecule has 0 aliphatic carbocycles. The first-order valence-corrected chi connectivity index (χ1v) is 5.45. The van der Waals surface area contributed by atoms with Gasteiger partial charge in [0.15, 0.2) is 0 Å². The molecule has 1 heterocycles. The van der Waals surface area contributed by atoms with Crippen LogP contribution in [0.5, 0.6) is 0 Å². The molecule has 0 radical (unpaired) electrons. The minimum atomic E-state index is 0.308. The van der Waals surface area contributed by atoms with Crippen LogP contribution in [0, 0.1) is 0 Å². The zero-order valence-electron chi connectivity index (χ0n) is 6.37. The van der Waals surface area contributed by atoms with Gasteiger partial charge in [0.2, 0.25) is 5.28 Å². The zero-order valence-corrected chi connectivity index (χ0v) is 9.53. The molecule has 0 unspecified atom stereocenters. The van der Waals surface area contributed by atoms with E-state index >= 15 is 0 Å². The molecular weight excluding hydrogens is 272 g/mol. The Morgan fingerprint density at radius 2 is 1.92 bits per heavy atom. The highest BCUT2D eigenvalue weighted by molar-refractivity contribution is 9.10. The maximum absolute atomic E-state index is 5.62. The van der Waals surface area contributed by atoms with E-state index < -0.39 is 0 Å². The second kappa shape index (κ2) is 3.74. The standard InChI is InChI=1S/C8H4BrClN2S/c9-6-3-1-5(2-4-6)7-11-8(10)12-13-7/h1-4H. The van der Waals surface area contributed by atoms with Gasteiger partial charge in [0.25, 0.3) is 0 Å². The van der Waals surface area contributed by atoms with E-state index in [-0.39, 0.29) is 0 Å². The smallest absolute Gasteiger partial charge is 0.205 e. The molecule has 0 atom stereocenters. The van der Waals surface area contributed by atoms with Crippen LogP contribution in [0.15, 0.2) is 28.7 Å². The van der Waals surface area contributed by atoms with Crippen molar-refractivity contribution in [2.75, 3.05) is 0 Å². The summed E-state index contributed by atoms with van der Waals surface area (Å²) in [5, 5.41) is 1.15. The lowest BCUT2D eigenvalue weighted by Gasteiger charge is -1.93. The summed E-state index contributed by atoms with van der Waals surface area (Å²) in [5.74, 6) is 0.